The van der Waals surface area contributed by atoms with E-state index in [-0.39, 0.29) is 17.0 Å². The van der Waals surface area contributed by atoms with Crippen LogP contribution in [0.3, 0.4) is 0 Å². The number of benzene rings is 2. The average Bonchev–Trinajstić information content (AvgIpc) is 3.07. The van der Waals surface area contributed by atoms with Gasteiger partial charge >= 0.3 is 5.97 Å². The summed E-state index contributed by atoms with van der Waals surface area (Å²) >= 11 is 7.17. The zero-order valence-electron chi connectivity index (χ0n) is 13.8. The van der Waals surface area contributed by atoms with Crippen molar-refractivity contribution in [1.82, 2.24) is 4.98 Å². The Kier molecular flexibility index (Phi) is 5.58. The third-order valence-corrected chi connectivity index (χ3v) is 4.72. The maximum atomic E-state index is 12.4. The van der Waals surface area contributed by atoms with Crippen LogP contribution in [-0.2, 0) is 6.54 Å². The Morgan fingerprint density at radius 1 is 1.15 bits per heavy atom. The van der Waals surface area contributed by atoms with Gasteiger partial charge in [0, 0.05) is 28.0 Å². The molecule has 0 radical (unpaired) electrons. The van der Waals surface area contributed by atoms with Gasteiger partial charge in [-0.2, -0.15) is 0 Å². The van der Waals surface area contributed by atoms with E-state index in [4.69, 9.17) is 16.7 Å². The van der Waals surface area contributed by atoms with Crippen molar-refractivity contribution in [2.45, 2.75) is 6.54 Å². The molecule has 0 aliphatic rings. The third kappa shape index (κ3) is 4.75. The molecule has 1 heterocycles. The minimum absolute atomic E-state index is 0.271. The van der Waals surface area contributed by atoms with Crippen LogP contribution >= 0.6 is 22.9 Å². The normalized spacial score (nSPS) is 10.4. The molecule has 9 heteroatoms. The van der Waals surface area contributed by atoms with Crippen molar-refractivity contribution in [3.8, 4) is 5.75 Å². The van der Waals surface area contributed by atoms with E-state index < -0.39 is 11.9 Å². The summed E-state index contributed by atoms with van der Waals surface area (Å²) < 4.78 is 0.467. The first-order chi connectivity index (χ1) is 12.9. The largest absolute Gasteiger partial charge is 0.507 e. The summed E-state index contributed by atoms with van der Waals surface area (Å²) in [6.07, 6.45) is 1.68. The van der Waals surface area contributed by atoms with E-state index in [0.29, 0.717) is 16.6 Å². The molecule has 2 aromatic carbocycles. The number of amides is 1. The minimum Gasteiger partial charge on any atom is -0.507 e. The predicted octanol–water partition coefficient (Wildman–Crippen LogP) is 4.06. The number of hydrogen-bond donors (Lipinski definition) is 4. The third-order valence-electron chi connectivity index (χ3n) is 3.60. The number of rotatable bonds is 6. The summed E-state index contributed by atoms with van der Waals surface area (Å²) in [6, 6.07) is 10.7. The Morgan fingerprint density at radius 2 is 1.96 bits per heavy atom. The SMILES string of the molecule is O=C(Nc1ccc(O)c(C(=O)O)c1)c1cccc(NCc2cnc(Cl)s2)c1. The smallest absolute Gasteiger partial charge is 0.339 e. The van der Waals surface area contributed by atoms with Crippen LogP contribution in [0.25, 0.3) is 0 Å². The summed E-state index contributed by atoms with van der Waals surface area (Å²) in [6.45, 7) is 0.523. The lowest BCUT2D eigenvalue weighted by Gasteiger charge is -2.09. The van der Waals surface area contributed by atoms with Crippen LogP contribution in [-0.4, -0.2) is 27.1 Å². The Balaban J connectivity index is 1.70. The summed E-state index contributed by atoms with van der Waals surface area (Å²) in [5, 5.41) is 24.4. The number of halogens is 1. The van der Waals surface area contributed by atoms with Gasteiger partial charge in [0.2, 0.25) is 0 Å². The minimum atomic E-state index is -1.28. The summed E-state index contributed by atoms with van der Waals surface area (Å²) in [7, 11) is 0. The molecular formula is C18H14ClN3O4S. The number of nitrogens with one attached hydrogen (secondary N) is 2. The van der Waals surface area contributed by atoms with Gasteiger partial charge in [0.05, 0.1) is 6.54 Å². The lowest BCUT2D eigenvalue weighted by Crippen LogP contribution is -2.13. The van der Waals surface area contributed by atoms with E-state index in [1.165, 1.54) is 29.5 Å². The number of aromatic carboxylic acids is 1. The van der Waals surface area contributed by atoms with Crippen LogP contribution in [0.5, 0.6) is 5.75 Å². The highest BCUT2D eigenvalue weighted by Gasteiger charge is 2.13. The molecule has 7 nitrogen and oxygen atoms in total. The monoisotopic (exact) mass is 403 g/mol. The van der Waals surface area contributed by atoms with E-state index in [2.05, 4.69) is 15.6 Å². The zero-order valence-corrected chi connectivity index (χ0v) is 15.3. The van der Waals surface area contributed by atoms with Crippen LogP contribution in [0, 0.1) is 0 Å². The summed E-state index contributed by atoms with van der Waals surface area (Å²) in [4.78, 5) is 28.4. The average molecular weight is 404 g/mol. The highest BCUT2D eigenvalue weighted by molar-refractivity contribution is 7.15. The molecule has 4 N–H and O–H groups in total. The molecule has 0 spiro atoms. The second-order valence-corrected chi connectivity index (χ2v) is 7.20. The van der Waals surface area contributed by atoms with Crippen LogP contribution in [0.4, 0.5) is 11.4 Å². The number of carboxylic acid groups (broad SMARTS) is 1. The molecule has 0 aliphatic carbocycles. The Morgan fingerprint density at radius 3 is 2.67 bits per heavy atom. The number of carbonyl (C=O) groups is 2. The Hall–Kier alpha value is -3.10. The molecule has 0 saturated carbocycles. The first-order valence-corrected chi connectivity index (χ1v) is 8.93. The number of carbonyl (C=O) groups excluding carboxylic acids is 1. The zero-order chi connectivity index (χ0) is 19.4. The molecule has 0 atom stereocenters. The standard InChI is InChI=1S/C18H14ClN3O4S/c19-18-21-9-13(27-18)8-20-11-3-1-2-10(6-11)16(24)22-12-4-5-15(23)14(7-12)17(25)26/h1-7,9,20,23H,8H2,(H,22,24)(H,25,26). The molecule has 27 heavy (non-hydrogen) atoms. The van der Waals surface area contributed by atoms with E-state index in [0.717, 1.165) is 10.6 Å². The number of nitrogens with zero attached hydrogens (tertiary/aromatic N) is 1. The molecule has 1 aromatic heterocycles. The van der Waals surface area contributed by atoms with Gasteiger partial charge in [-0.15, -0.1) is 11.3 Å². The molecule has 0 saturated heterocycles. The van der Waals surface area contributed by atoms with Gasteiger partial charge in [0.25, 0.3) is 5.91 Å². The number of phenols is 1. The van der Waals surface area contributed by atoms with Crippen molar-refractivity contribution in [2.75, 3.05) is 10.6 Å². The molecule has 1 amide bonds. The fourth-order valence-electron chi connectivity index (χ4n) is 2.31. The molecule has 3 aromatic rings. The molecule has 0 fully saturated rings. The maximum Gasteiger partial charge on any atom is 0.339 e. The molecule has 0 unspecified atom stereocenters. The van der Waals surface area contributed by atoms with Crippen molar-refractivity contribution in [3.63, 3.8) is 0 Å². The number of hydrogen-bond acceptors (Lipinski definition) is 6. The lowest BCUT2D eigenvalue weighted by atomic mass is 10.1. The van der Waals surface area contributed by atoms with Gasteiger partial charge in [-0.05, 0) is 36.4 Å². The van der Waals surface area contributed by atoms with Gasteiger partial charge in [-0.3, -0.25) is 4.79 Å². The van der Waals surface area contributed by atoms with E-state index in [1.807, 2.05) is 6.07 Å². The van der Waals surface area contributed by atoms with Gasteiger partial charge in [0.1, 0.15) is 11.3 Å². The lowest BCUT2D eigenvalue weighted by molar-refractivity contribution is 0.0693. The number of aromatic hydroxyl groups is 1. The van der Waals surface area contributed by atoms with Crippen molar-refractivity contribution in [3.05, 3.63) is 69.1 Å². The van der Waals surface area contributed by atoms with Crippen LogP contribution in [0.2, 0.25) is 4.47 Å². The number of aromatic nitrogens is 1. The van der Waals surface area contributed by atoms with E-state index in [9.17, 15) is 14.7 Å². The van der Waals surface area contributed by atoms with Gasteiger partial charge in [-0.25, -0.2) is 9.78 Å². The fourth-order valence-corrected chi connectivity index (χ4v) is 3.23. The van der Waals surface area contributed by atoms with Gasteiger partial charge < -0.3 is 20.8 Å². The van der Waals surface area contributed by atoms with E-state index >= 15 is 0 Å². The topological polar surface area (TPSA) is 112 Å². The van der Waals surface area contributed by atoms with Crippen molar-refractivity contribution >= 4 is 46.2 Å². The summed E-state index contributed by atoms with van der Waals surface area (Å²) in [5.74, 6) is -2.05. The number of thiazole rings is 1. The van der Waals surface area contributed by atoms with Gasteiger partial charge in [-0.1, -0.05) is 17.7 Å². The second kappa shape index (κ2) is 8.07. The van der Waals surface area contributed by atoms with Crippen molar-refractivity contribution in [2.24, 2.45) is 0 Å². The van der Waals surface area contributed by atoms with Crippen LogP contribution in [0.1, 0.15) is 25.6 Å². The second-order valence-electron chi connectivity index (χ2n) is 5.51. The molecule has 138 valence electrons. The number of carboxylic acids is 1. The molecule has 0 aliphatic heterocycles. The van der Waals surface area contributed by atoms with Crippen molar-refractivity contribution in [1.29, 1.82) is 0 Å². The first-order valence-electron chi connectivity index (χ1n) is 7.74. The predicted molar refractivity (Wildman–Crippen MR) is 104 cm³/mol. The molecule has 3 rings (SSSR count). The summed E-state index contributed by atoms with van der Waals surface area (Å²) in [5.41, 5.74) is 1.12. The molecule has 0 bridgehead atoms. The quantitative estimate of drug-likeness (QED) is 0.462. The van der Waals surface area contributed by atoms with Crippen LogP contribution < -0.4 is 10.6 Å². The Labute approximate surface area is 163 Å². The van der Waals surface area contributed by atoms with E-state index in [1.54, 1.807) is 24.4 Å². The maximum absolute atomic E-state index is 12.4. The van der Waals surface area contributed by atoms with Crippen molar-refractivity contribution < 1.29 is 19.8 Å². The highest BCUT2D eigenvalue weighted by atomic mass is 35.5. The fraction of sp³-hybridized carbons (Fsp3) is 0.0556. The highest BCUT2D eigenvalue weighted by Crippen LogP contribution is 2.23. The molecular weight excluding hydrogens is 390 g/mol. The Bertz CT molecular complexity index is 1010. The first kappa shape index (κ1) is 18.7. The number of anilines is 2. The van der Waals surface area contributed by atoms with Crippen LogP contribution in [0.15, 0.2) is 48.7 Å². The van der Waals surface area contributed by atoms with Gasteiger partial charge in [0.15, 0.2) is 4.47 Å².